The zero-order valence-electron chi connectivity index (χ0n) is 11.1. The molecule has 2 rings (SSSR count). The highest BCUT2D eigenvalue weighted by Gasteiger charge is 2.20. The molecule has 6 heteroatoms. The topological polar surface area (TPSA) is 70.0 Å². The van der Waals surface area contributed by atoms with E-state index in [2.05, 4.69) is 11.0 Å². The quantitative estimate of drug-likeness (QED) is 0.805. The van der Waals surface area contributed by atoms with Crippen LogP contribution < -0.4 is 4.74 Å². The smallest absolute Gasteiger partial charge is 0.325 e. The van der Waals surface area contributed by atoms with Gasteiger partial charge in [-0.1, -0.05) is 12.1 Å². The van der Waals surface area contributed by atoms with Gasteiger partial charge in [-0.15, -0.1) is 0 Å². The Morgan fingerprint density at radius 1 is 1.42 bits per heavy atom. The molecule has 0 bridgehead atoms. The lowest BCUT2D eigenvalue weighted by Gasteiger charge is -2.29. The van der Waals surface area contributed by atoms with Crippen molar-refractivity contribution in [3.63, 3.8) is 0 Å². The van der Waals surface area contributed by atoms with Crippen LogP contribution in [0.3, 0.4) is 0 Å². The molecule has 0 amide bonds. The van der Waals surface area contributed by atoms with Crippen molar-refractivity contribution >= 4 is 7.60 Å². The van der Waals surface area contributed by atoms with Crippen LogP contribution in [0.25, 0.3) is 0 Å². The fourth-order valence-corrected chi connectivity index (χ4v) is 3.04. The second kappa shape index (κ2) is 6.06. The molecule has 1 aliphatic rings. The molecular formula is C13H20NO4P. The van der Waals surface area contributed by atoms with Gasteiger partial charge in [0.15, 0.2) is 0 Å². The minimum Gasteiger partial charge on any atom is -0.496 e. The lowest BCUT2D eigenvalue weighted by Crippen LogP contribution is -2.32. The zero-order valence-corrected chi connectivity index (χ0v) is 12.0. The van der Waals surface area contributed by atoms with Crippen molar-refractivity contribution in [2.75, 3.05) is 26.4 Å². The summed E-state index contributed by atoms with van der Waals surface area (Å²) in [5.74, 6) is 0.900. The van der Waals surface area contributed by atoms with E-state index in [1.807, 2.05) is 12.1 Å². The van der Waals surface area contributed by atoms with Gasteiger partial charge >= 0.3 is 7.60 Å². The fourth-order valence-electron chi connectivity index (χ4n) is 2.49. The Hall–Kier alpha value is -0.870. The third-order valence-corrected chi connectivity index (χ3v) is 4.35. The lowest BCUT2D eigenvalue weighted by atomic mass is 9.99. The highest BCUT2D eigenvalue weighted by atomic mass is 31.2. The maximum Gasteiger partial charge on any atom is 0.325 e. The number of methoxy groups -OCH3 is 1. The van der Waals surface area contributed by atoms with Gasteiger partial charge in [-0.05, 0) is 31.0 Å². The predicted octanol–water partition coefficient (Wildman–Crippen LogP) is 1.62. The van der Waals surface area contributed by atoms with E-state index in [1.54, 1.807) is 7.11 Å². The van der Waals surface area contributed by atoms with Crippen molar-refractivity contribution in [1.29, 1.82) is 0 Å². The highest BCUT2D eigenvalue weighted by Crippen LogP contribution is 2.35. The molecule has 1 heterocycles. The molecule has 5 nitrogen and oxygen atoms in total. The first-order valence-corrected chi connectivity index (χ1v) is 8.21. The van der Waals surface area contributed by atoms with E-state index in [1.165, 1.54) is 11.1 Å². The second-order valence-corrected chi connectivity index (χ2v) is 6.64. The monoisotopic (exact) mass is 285 g/mol. The summed E-state index contributed by atoms with van der Waals surface area (Å²) in [6.45, 7) is 2.43. The Bertz CT molecular complexity index is 471. The van der Waals surface area contributed by atoms with Gasteiger partial charge in [0.05, 0.1) is 13.3 Å². The second-order valence-electron chi connectivity index (χ2n) is 4.87. The normalized spacial score (nSPS) is 16.2. The summed E-state index contributed by atoms with van der Waals surface area (Å²) < 4.78 is 16.2. The summed E-state index contributed by atoms with van der Waals surface area (Å²) in [7, 11) is -2.20. The molecule has 0 saturated carbocycles. The number of hydrogen-bond donors (Lipinski definition) is 2. The first kappa shape index (κ1) is 14.5. The van der Waals surface area contributed by atoms with E-state index >= 15 is 0 Å². The molecule has 0 radical (unpaired) electrons. The predicted molar refractivity (Wildman–Crippen MR) is 73.5 cm³/mol. The van der Waals surface area contributed by atoms with E-state index in [9.17, 15) is 4.57 Å². The van der Waals surface area contributed by atoms with Crippen LogP contribution >= 0.6 is 7.60 Å². The molecule has 0 aromatic heterocycles. The van der Waals surface area contributed by atoms with Crippen molar-refractivity contribution in [3.05, 3.63) is 29.3 Å². The average molecular weight is 285 g/mol. The molecule has 1 aliphatic heterocycles. The van der Waals surface area contributed by atoms with Crippen LogP contribution in [0.1, 0.15) is 17.5 Å². The van der Waals surface area contributed by atoms with Crippen LogP contribution in [0.2, 0.25) is 0 Å². The van der Waals surface area contributed by atoms with Crippen molar-refractivity contribution in [1.82, 2.24) is 4.90 Å². The first-order valence-electron chi connectivity index (χ1n) is 6.41. The minimum absolute atomic E-state index is 0.0394. The van der Waals surface area contributed by atoms with Gasteiger partial charge in [0.25, 0.3) is 0 Å². The standard InChI is InChI=1S/C13H20NO4P/c1-18-13-5-2-4-11-6-8-14(10-12(11)13)7-3-9-19(15,16)17/h2,4-5H,3,6-10H2,1H3,(H2,15,16,17). The van der Waals surface area contributed by atoms with Gasteiger partial charge in [0.1, 0.15) is 5.75 Å². The molecule has 0 aliphatic carbocycles. The summed E-state index contributed by atoms with van der Waals surface area (Å²) in [5.41, 5.74) is 2.51. The summed E-state index contributed by atoms with van der Waals surface area (Å²) >= 11 is 0. The zero-order chi connectivity index (χ0) is 13.9. The molecule has 0 unspecified atom stereocenters. The number of fused-ring (bicyclic) bond motifs is 1. The molecule has 2 N–H and O–H groups in total. The third-order valence-electron chi connectivity index (χ3n) is 3.45. The van der Waals surface area contributed by atoms with Crippen LogP contribution in [0.4, 0.5) is 0 Å². The number of nitrogens with zero attached hydrogens (tertiary/aromatic N) is 1. The Kier molecular flexibility index (Phi) is 4.63. The maximum atomic E-state index is 10.8. The Morgan fingerprint density at radius 3 is 2.89 bits per heavy atom. The summed E-state index contributed by atoms with van der Waals surface area (Å²) in [6, 6.07) is 6.07. The van der Waals surface area contributed by atoms with Crippen LogP contribution in [0, 0.1) is 0 Å². The van der Waals surface area contributed by atoms with Crippen LogP contribution in [-0.2, 0) is 17.5 Å². The largest absolute Gasteiger partial charge is 0.496 e. The molecule has 0 spiro atoms. The van der Waals surface area contributed by atoms with E-state index in [-0.39, 0.29) is 6.16 Å². The van der Waals surface area contributed by atoms with E-state index in [0.29, 0.717) is 13.0 Å². The van der Waals surface area contributed by atoms with Gasteiger partial charge in [-0.25, -0.2) is 0 Å². The highest BCUT2D eigenvalue weighted by molar-refractivity contribution is 7.51. The van der Waals surface area contributed by atoms with E-state index < -0.39 is 7.60 Å². The lowest BCUT2D eigenvalue weighted by molar-refractivity contribution is 0.247. The number of rotatable bonds is 5. The minimum atomic E-state index is -3.87. The van der Waals surface area contributed by atoms with Crippen LogP contribution in [0.15, 0.2) is 18.2 Å². The van der Waals surface area contributed by atoms with Crippen molar-refractivity contribution in [3.8, 4) is 5.75 Å². The average Bonchev–Trinajstić information content (AvgIpc) is 2.36. The molecule has 19 heavy (non-hydrogen) atoms. The van der Waals surface area contributed by atoms with Gasteiger partial charge in [-0.2, -0.15) is 0 Å². The van der Waals surface area contributed by atoms with Crippen LogP contribution in [0.5, 0.6) is 5.75 Å². The molecule has 1 aromatic carbocycles. The number of ether oxygens (including phenoxy) is 1. The summed E-state index contributed by atoms with van der Waals surface area (Å²) in [4.78, 5) is 19.9. The van der Waals surface area contributed by atoms with Gasteiger partial charge in [-0.3, -0.25) is 9.46 Å². The van der Waals surface area contributed by atoms with E-state index in [4.69, 9.17) is 14.5 Å². The van der Waals surface area contributed by atoms with Crippen molar-refractivity contribution in [2.45, 2.75) is 19.4 Å². The van der Waals surface area contributed by atoms with Crippen molar-refractivity contribution < 1.29 is 19.1 Å². The molecule has 0 saturated heterocycles. The van der Waals surface area contributed by atoms with Gasteiger partial charge in [0.2, 0.25) is 0 Å². The Labute approximate surface area is 113 Å². The van der Waals surface area contributed by atoms with Gasteiger partial charge < -0.3 is 14.5 Å². The molecule has 106 valence electrons. The summed E-state index contributed by atoms with van der Waals surface area (Å²) in [5, 5.41) is 0. The van der Waals surface area contributed by atoms with Crippen LogP contribution in [-0.4, -0.2) is 41.0 Å². The SMILES string of the molecule is COc1cccc2c1CN(CCCP(=O)(O)O)CC2. The van der Waals surface area contributed by atoms with E-state index in [0.717, 1.165) is 25.3 Å². The van der Waals surface area contributed by atoms with Crippen molar-refractivity contribution in [2.24, 2.45) is 0 Å². The molecule has 0 atom stereocenters. The molecule has 1 aromatic rings. The Balaban J connectivity index is 1.96. The molecule has 0 fully saturated rings. The first-order chi connectivity index (χ1) is 8.99. The Morgan fingerprint density at radius 2 is 2.21 bits per heavy atom. The number of hydrogen-bond acceptors (Lipinski definition) is 3. The third kappa shape index (κ3) is 4.05. The molecular weight excluding hydrogens is 265 g/mol. The maximum absolute atomic E-state index is 10.8. The number of benzene rings is 1. The van der Waals surface area contributed by atoms with Gasteiger partial charge in [0, 0.05) is 18.7 Å². The fraction of sp³-hybridized carbons (Fsp3) is 0.538. The summed E-state index contributed by atoms with van der Waals surface area (Å²) in [6.07, 6.45) is 1.44.